The second kappa shape index (κ2) is 3.14. The van der Waals surface area contributed by atoms with Crippen molar-refractivity contribution in [2.45, 2.75) is 13.8 Å². The summed E-state index contributed by atoms with van der Waals surface area (Å²) in [5, 5.41) is 12.7. The number of hydrogen-bond acceptors (Lipinski definition) is 2. The van der Waals surface area contributed by atoms with E-state index in [0.29, 0.717) is 6.54 Å². The largest absolute Gasteiger partial charge is 0.758 e. The average Bonchev–Trinajstić information content (AvgIpc) is 2.41. The van der Waals surface area contributed by atoms with Crippen molar-refractivity contribution in [3.63, 3.8) is 0 Å². The van der Waals surface area contributed by atoms with E-state index in [1.165, 1.54) is 0 Å². The molecule has 1 aliphatic rings. The van der Waals surface area contributed by atoms with Gasteiger partial charge in [0.1, 0.15) is 0 Å². The number of hydroxylamine groups is 2. The third kappa shape index (κ3) is 1.66. The topological polar surface area (TPSA) is 26.3 Å². The molecule has 14 heavy (non-hydrogen) atoms. The molecule has 1 aromatic carbocycles. The van der Waals surface area contributed by atoms with Crippen molar-refractivity contribution in [2.24, 2.45) is 5.41 Å². The van der Waals surface area contributed by atoms with Gasteiger partial charge in [-0.2, -0.15) is 0 Å². The van der Waals surface area contributed by atoms with Gasteiger partial charge in [0.15, 0.2) is 0 Å². The highest BCUT2D eigenvalue weighted by Crippen LogP contribution is 2.34. The van der Waals surface area contributed by atoms with Gasteiger partial charge in [-0.25, -0.2) is 0 Å². The fourth-order valence-corrected chi connectivity index (χ4v) is 1.78. The van der Waals surface area contributed by atoms with Crippen LogP contribution in [-0.4, -0.2) is 11.6 Å². The van der Waals surface area contributed by atoms with Crippen LogP contribution in [0.5, 0.6) is 0 Å². The zero-order valence-corrected chi connectivity index (χ0v) is 8.53. The van der Waals surface area contributed by atoms with Crippen LogP contribution in [0.3, 0.4) is 0 Å². The van der Waals surface area contributed by atoms with E-state index >= 15 is 0 Å². The van der Waals surface area contributed by atoms with Gasteiger partial charge in [0, 0.05) is 17.7 Å². The minimum atomic E-state index is -0.00702. The zero-order chi connectivity index (χ0) is 10.2. The van der Waals surface area contributed by atoms with Crippen LogP contribution in [0.1, 0.15) is 19.4 Å². The highest BCUT2D eigenvalue weighted by atomic mass is 16.5. The molecule has 0 unspecified atom stereocenters. The van der Waals surface area contributed by atoms with Crippen LogP contribution in [0.25, 0.3) is 5.70 Å². The second-order valence-corrected chi connectivity index (χ2v) is 4.42. The molecule has 0 amide bonds. The van der Waals surface area contributed by atoms with E-state index in [1.54, 1.807) is 0 Å². The van der Waals surface area contributed by atoms with Gasteiger partial charge in [-0.3, -0.25) is 0 Å². The molecule has 0 bridgehead atoms. The number of rotatable bonds is 1. The third-order valence-corrected chi connectivity index (χ3v) is 2.42. The Bertz CT molecular complexity index is 354. The zero-order valence-electron chi connectivity index (χ0n) is 8.53. The van der Waals surface area contributed by atoms with Crippen LogP contribution in [0.2, 0.25) is 0 Å². The summed E-state index contributed by atoms with van der Waals surface area (Å²) < 4.78 is 0. The lowest BCUT2D eigenvalue weighted by atomic mass is 9.95. The Labute approximate surface area is 84.4 Å². The van der Waals surface area contributed by atoms with Crippen LogP contribution in [0, 0.1) is 10.6 Å². The molecule has 1 aromatic rings. The van der Waals surface area contributed by atoms with Gasteiger partial charge in [-0.05, 0) is 5.56 Å². The monoisotopic (exact) mass is 188 g/mol. The van der Waals surface area contributed by atoms with E-state index in [1.807, 2.05) is 30.3 Å². The lowest BCUT2D eigenvalue weighted by molar-refractivity contribution is 0.396. The molecule has 0 spiro atoms. The molecule has 0 aromatic heterocycles. The molecule has 0 radical (unpaired) electrons. The molecule has 2 heteroatoms. The first-order valence-electron chi connectivity index (χ1n) is 4.81. The highest BCUT2D eigenvalue weighted by Gasteiger charge is 2.24. The van der Waals surface area contributed by atoms with Crippen LogP contribution >= 0.6 is 0 Å². The van der Waals surface area contributed by atoms with Crippen molar-refractivity contribution in [3.05, 3.63) is 47.2 Å². The summed E-state index contributed by atoms with van der Waals surface area (Å²) >= 11 is 0. The molecule has 1 heterocycles. The van der Waals surface area contributed by atoms with Gasteiger partial charge in [0.05, 0.1) is 0 Å². The molecule has 2 rings (SSSR count). The maximum atomic E-state index is 11.6. The van der Waals surface area contributed by atoms with Crippen LogP contribution in [0.4, 0.5) is 0 Å². The Balaban J connectivity index is 2.36. The molecule has 0 saturated heterocycles. The van der Waals surface area contributed by atoms with E-state index in [0.717, 1.165) is 16.3 Å². The number of hydrogen-bond donors (Lipinski definition) is 0. The first-order valence-corrected chi connectivity index (χ1v) is 4.81. The summed E-state index contributed by atoms with van der Waals surface area (Å²) in [6.07, 6.45) is 2.05. The summed E-state index contributed by atoms with van der Waals surface area (Å²) in [5.41, 5.74) is 1.80. The van der Waals surface area contributed by atoms with E-state index in [-0.39, 0.29) is 5.41 Å². The molecule has 74 valence electrons. The van der Waals surface area contributed by atoms with Gasteiger partial charge in [0.25, 0.3) is 0 Å². The first kappa shape index (κ1) is 9.28. The summed E-state index contributed by atoms with van der Waals surface area (Å²) in [6.45, 7) is 4.71. The van der Waals surface area contributed by atoms with Gasteiger partial charge in [-0.1, -0.05) is 50.3 Å². The molecular weight excluding hydrogens is 174 g/mol. The first-order chi connectivity index (χ1) is 6.58. The fraction of sp³-hybridized carbons (Fsp3) is 0.333. The van der Waals surface area contributed by atoms with Crippen molar-refractivity contribution in [1.29, 1.82) is 0 Å². The molecule has 2 nitrogen and oxygen atoms in total. The molecule has 0 saturated carbocycles. The van der Waals surface area contributed by atoms with Crippen molar-refractivity contribution < 1.29 is 0 Å². The van der Waals surface area contributed by atoms with E-state index in [4.69, 9.17) is 0 Å². The van der Waals surface area contributed by atoms with E-state index < -0.39 is 0 Å². The predicted octanol–water partition coefficient (Wildman–Crippen LogP) is 2.87. The van der Waals surface area contributed by atoms with Crippen LogP contribution in [-0.2, 0) is 0 Å². The molecule has 1 aliphatic heterocycles. The quantitative estimate of drug-likeness (QED) is 0.677. The van der Waals surface area contributed by atoms with Crippen molar-refractivity contribution in [1.82, 2.24) is 5.06 Å². The summed E-state index contributed by atoms with van der Waals surface area (Å²) in [5.74, 6) is 0. The number of nitrogens with zero attached hydrogens (tertiary/aromatic N) is 1. The minimum Gasteiger partial charge on any atom is -0.758 e. The SMILES string of the molecule is CC1(C)C=C(c2ccccc2)N([O-])C1. The van der Waals surface area contributed by atoms with E-state index in [9.17, 15) is 5.21 Å². The normalized spacial score (nSPS) is 19.6. The molecule has 0 N–H and O–H groups in total. The predicted molar refractivity (Wildman–Crippen MR) is 58.3 cm³/mol. The Morgan fingerprint density at radius 2 is 1.86 bits per heavy atom. The van der Waals surface area contributed by atoms with Crippen molar-refractivity contribution in [3.8, 4) is 0 Å². The van der Waals surface area contributed by atoms with Gasteiger partial charge < -0.3 is 10.3 Å². The standard InChI is InChI=1S/C12H14NO/c1-12(2)8-11(13(14)9-12)10-6-4-3-5-7-10/h3-8H,9H2,1-2H3/q-1. The summed E-state index contributed by atoms with van der Waals surface area (Å²) in [7, 11) is 0. The maximum Gasteiger partial charge on any atom is 0.0298 e. The smallest absolute Gasteiger partial charge is 0.0298 e. The Hall–Kier alpha value is -1.28. The molecule has 0 fully saturated rings. The fourth-order valence-electron chi connectivity index (χ4n) is 1.78. The Kier molecular flexibility index (Phi) is 2.08. The van der Waals surface area contributed by atoms with Gasteiger partial charge in [0.2, 0.25) is 0 Å². The average molecular weight is 188 g/mol. The van der Waals surface area contributed by atoms with Gasteiger partial charge in [-0.15, -0.1) is 0 Å². The Morgan fingerprint density at radius 1 is 1.21 bits per heavy atom. The van der Waals surface area contributed by atoms with Crippen LogP contribution < -0.4 is 0 Å². The lowest BCUT2D eigenvalue weighted by Gasteiger charge is -2.30. The molecule has 0 aliphatic carbocycles. The highest BCUT2D eigenvalue weighted by molar-refractivity contribution is 5.67. The van der Waals surface area contributed by atoms with Crippen molar-refractivity contribution >= 4 is 5.70 Å². The molecule has 0 atom stereocenters. The summed E-state index contributed by atoms with van der Waals surface area (Å²) in [6, 6.07) is 9.81. The second-order valence-electron chi connectivity index (χ2n) is 4.42. The van der Waals surface area contributed by atoms with E-state index in [2.05, 4.69) is 19.9 Å². The minimum absolute atomic E-state index is 0.00702. The Morgan fingerprint density at radius 3 is 2.36 bits per heavy atom. The number of benzene rings is 1. The third-order valence-electron chi connectivity index (χ3n) is 2.42. The van der Waals surface area contributed by atoms with Gasteiger partial charge >= 0.3 is 0 Å². The van der Waals surface area contributed by atoms with Crippen LogP contribution in [0.15, 0.2) is 36.4 Å². The van der Waals surface area contributed by atoms with Crippen molar-refractivity contribution in [2.75, 3.05) is 6.54 Å². The molecular formula is C12H14NO-. The lowest BCUT2D eigenvalue weighted by Crippen LogP contribution is -2.18. The summed E-state index contributed by atoms with van der Waals surface area (Å²) in [4.78, 5) is 0. The maximum absolute atomic E-state index is 11.6.